The highest BCUT2D eigenvalue weighted by molar-refractivity contribution is 7.98. The van der Waals surface area contributed by atoms with E-state index >= 15 is 0 Å². The molecule has 0 radical (unpaired) electrons. The number of nitrogens with one attached hydrogen (secondary N) is 1. The van der Waals surface area contributed by atoms with Crippen LogP contribution in [0.2, 0.25) is 0 Å². The lowest BCUT2D eigenvalue weighted by atomic mass is 9.96. The van der Waals surface area contributed by atoms with E-state index in [1.54, 1.807) is 12.3 Å². The van der Waals surface area contributed by atoms with Crippen LogP contribution in [-0.2, 0) is 0 Å². The number of phenols is 1. The molecular formula is C15H14N4O4S. The van der Waals surface area contributed by atoms with Gasteiger partial charge in [0.25, 0.3) is 5.56 Å². The standard InChI is InChI=1S/C15H14N4O4S/c1-7(2)8-4-9(13(20)11(5-8)19(22)23)12-10(6-16)14(21)18-15(17-12)24-3/h4-5,7,20H,1-3H3,(H,17,18,21). The number of nitrogens with zero attached hydrogens (tertiary/aromatic N) is 3. The minimum Gasteiger partial charge on any atom is -0.502 e. The fourth-order valence-electron chi connectivity index (χ4n) is 2.14. The largest absolute Gasteiger partial charge is 0.502 e. The summed E-state index contributed by atoms with van der Waals surface area (Å²) < 4.78 is 0. The number of phenolic OH excluding ortho intramolecular Hbond substituents is 1. The molecule has 0 fully saturated rings. The highest BCUT2D eigenvalue weighted by Gasteiger charge is 2.25. The molecule has 1 aromatic heterocycles. The summed E-state index contributed by atoms with van der Waals surface area (Å²) in [5.74, 6) is -0.679. The van der Waals surface area contributed by atoms with Crippen LogP contribution in [0.25, 0.3) is 11.3 Å². The Balaban J connectivity index is 2.91. The fraction of sp³-hybridized carbons (Fsp3) is 0.267. The van der Waals surface area contributed by atoms with Crippen molar-refractivity contribution in [3.8, 4) is 23.1 Å². The summed E-state index contributed by atoms with van der Waals surface area (Å²) in [7, 11) is 0. The van der Waals surface area contributed by atoms with Gasteiger partial charge in [0, 0.05) is 6.07 Å². The minimum atomic E-state index is -0.709. The second-order valence-electron chi connectivity index (χ2n) is 5.26. The average molecular weight is 346 g/mol. The van der Waals surface area contributed by atoms with Crippen molar-refractivity contribution in [3.05, 3.63) is 43.7 Å². The number of hydrogen-bond donors (Lipinski definition) is 2. The zero-order valence-electron chi connectivity index (χ0n) is 13.2. The van der Waals surface area contributed by atoms with Gasteiger partial charge >= 0.3 is 5.69 Å². The second kappa shape index (κ2) is 6.72. The maximum Gasteiger partial charge on any atom is 0.311 e. The lowest BCUT2D eigenvalue weighted by Crippen LogP contribution is -2.14. The third-order valence-corrected chi connectivity index (χ3v) is 4.01. The number of thioether (sulfide) groups is 1. The van der Waals surface area contributed by atoms with Crippen molar-refractivity contribution in [3.63, 3.8) is 0 Å². The van der Waals surface area contributed by atoms with E-state index < -0.39 is 21.9 Å². The van der Waals surface area contributed by atoms with E-state index in [9.17, 15) is 25.3 Å². The molecule has 0 atom stereocenters. The summed E-state index contributed by atoms with van der Waals surface area (Å²) in [5, 5.41) is 31.0. The molecule has 2 aromatic rings. The number of rotatable bonds is 4. The Morgan fingerprint density at radius 1 is 1.46 bits per heavy atom. The van der Waals surface area contributed by atoms with Crippen molar-refractivity contribution < 1.29 is 10.0 Å². The van der Waals surface area contributed by atoms with Gasteiger partial charge in [0.05, 0.1) is 10.5 Å². The first-order valence-electron chi connectivity index (χ1n) is 6.90. The fourth-order valence-corrected chi connectivity index (χ4v) is 2.52. The topological polar surface area (TPSA) is 133 Å². The lowest BCUT2D eigenvalue weighted by molar-refractivity contribution is -0.385. The minimum absolute atomic E-state index is 0.00847. The normalized spacial score (nSPS) is 10.6. The van der Waals surface area contributed by atoms with E-state index in [0.717, 1.165) is 11.8 Å². The Morgan fingerprint density at radius 2 is 2.12 bits per heavy atom. The van der Waals surface area contributed by atoms with Crippen LogP contribution in [0.3, 0.4) is 0 Å². The quantitative estimate of drug-likeness (QED) is 0.376. The summed E-state index contributed by atoms with van der Waals surface area (Å²) in [6, 6.07) is 4.53. The maximum absolute atomic E-state index is 12.0. The number of nitro groups is 1. The second-order valence-corrected chi connectivity index (χ2v) is 6.05. The van der Waals surface area contributed by atoms with Crippen molar-refractivity contribution in [1.29, 1.82) is 5.26 Å². The molecular weight excluding hydrogens is 332 g/mol. The van der Waals surface area contributed by atoms with Gasteiger partial charge in [-0.3, -0.25) is 14.9 Å². The molecule has 0 unspecified atom stereocenters. The van der Waals surface area contributed by atoms with Gasteiger partial charge in [-0.05, 0) is 23.8 Å². The van der Waals surface area contributed by atoms with Crippen LogP contribution in [0.15, 0.2) is 22.1 Å². The van der Waals surface area contributed by atoms with E-state index in [-0.39, 0.29) is 27.9 Å². The average Bonchev–Trinajstić information content (AvgIpc) is 2.53. The third-order valence-electron chi connectivity index (χ3n) is 3.43. The van der Waals surface area contributed by atoms with Crippen LogP contribution in [0.1, 0.15) is 30.9 Å². The van der Waals surface area contributed by atoms with Crippen LogP contribution in [0.5, 0.6) is 5.75 Å². The number of hydrogen-bond acceptors (Lipinski definition) is 7. The molecule has 0 spiro atoms. The van der Waals surface area contributed by atoms with E-state index in [1.165, 1.54) is 12.1 Å². The van der Waals surface area contributed by atoms with Gasteiger partial charge in [-0.2, -0.15) is 5.26 Å². The first kappa shape index (κ1) is 17.5. The third kappa shape index (κ3) is 3.09. The van der Waals surface area contributed by atoms with E-state index in [4.69, 9.17) is 0 Å². The predicted molar refractivity (Wildman–Crippen MR) is 89.2 cm³/mol. The number of H-pyrrole nitrogens is 1. The molecule has 0 saturated carbocycles. The van der Waals surface area contributed by atoms with Gasteiger partial charge < -0.3 is 10.1 Å². The van der Waals surface area contributed by atoms with Crippen LogP contribution in [0, 0.1) is 21.4 Å². The molecule has 0 bridgehead atoms. The molecule has 2 rings (SSSR count). The van der Waals surface area contributed by atoms with Crippen molar-refractivity contribution in [2.75, 3.05) is 6.26 Å². The molecule has 8 nitrogen and oxygen atoms in total. The molecule has 124 valence electrons. The number of benzene rings is 1. The van der Waals surface area contributed by atoms with Gasteiger partial charge in [0.15, 0.2) is 5.16 Å². The van der Waals surface area contributed by atoms with Gasteiger partial charge in [-0.25, -0.2) is 4.98 Å². The molecule has 0 aliphatic rings. The highest BCUT2D eigenvalue weighted by atomic mass is 32.2. The number of aromatic hydroxyl groups is 1. The Morgan fingerprint density at radius 3 is 2.62 bits per heavy atom. The molecule has 1 aromatic carbocycles. The van der Waals surface area contributed by atoms with Gasteiger partial charge in [-0.15, -0.1) is 0 Å². The number of aromatic nitrogens is 2. The molecule has 0 saturated heterocycles. The van der Waals surface area contributed by atoms with Crippen molar-refractivity contribution in [2.24, 2.45) is 0 Å². The molecule has 0 aliphatic carbocycles. The predicted octanol–water partition coefficient (Wildman–Crippen LogP) is 2.77. The van der Waals surface area contributed by atoms with Crippen LogP contribution < -0.4 is 5.56 Å². The maximum atomic E-state index is 12.0. The summed E-state index contributed by atoms with van der Waals surface area (Å²) in [6.07, 6.45) is 1.68. The molecule has 9 heteroatoms. The molecule has 0 amide bonds. The van der Waals surface area contributed by atoms with Crippen molar-refractivity contribution >= 4 is 17.4 Å². The molecule has 0 aliphatic heterocycles. The van der Waals surface area contributed by atoms with Crippen molar-refractivity contribution in [2.45, 2.75) is 24.9 Å². The van der Waals surface area contributed by atoms with Gasteiger partial charge in [0.1, 0.15) is 17.3 Å². The number of nitro benzene ring substituents is 1. The summed E-state index contributed by atoms with van der Waals surface area (Å²) >= 11 is 1.15. The van der Waals surface area contributed by atoms with Crippen molar-refractivity contribution in [1.82, 2.24) is 9.97 Å². The Hall–Kier alpha value is -2.86. The zero-order chi connectivity index (χ0) is 18.0. The van der Waals surface area contributed by atoms with Gasteiger partial charge in [-0.1, -0.05) is 25.6 Å². The van der Waals surface area contributed by atoms with Gasteiger partial charge in [0.2, 0.25) is 5.75 Å². The Kier molecular flexibility index (Phi) is 4.90. The lowest BCUT2D eigenvalue weighted by Gasteiger charge is -2.12. The smallest absolute Gasteiger partial charge is 0.311 e. The summed E-state index contributed by atoms with van der Waals surface area (Å²) in [4.78, 5) is 29.1. The van der Waals surface area contributed by atoms with E-state index in [0.29, 0.717) is 5.56 Å². The van der Waals surface area contributed by atoms with Crippen LogP contribution in [-0.4, -0.2) is 26.3 Å². The summed E-state index contributed by atoms with van der Waals surface area (Å²) in [5.41, 5.74) is -0.958. The molecule has 1 heterocycles. The summed E-state index contributed by atoms with van der Waals surface area (Å²) in [6.45, 7) is 3.67. The van der Waals surface area contributed by atoms with Crippen LogP contribution in [0.4, 0.5) is 5.69 Å². The highest BCUT2D eigenvalue weighted by Crippen LogP contribution is 2.39. The zero-order valence-corrected chi connectivity index (χ0v) is 14.0. The SMILES string of the molecule is CSc1nc(-c2cc(C(C)C)cc([N+](=O)[O-])c2O)c(C#N)c(=O)[nH]1. The molecule has 2 N–H and O–H groups in total. The molecule has 24 heavy (non-hydrogen) atoms. The van der Waals surface area contributed by atoms with E-state index in [1.807, 2.05) is 13.8 Å². The van der Waals surface area contributed by atoms with Crippen LogP contribution >= 0.6 is 11.8 Å². The number of aromatic amines is 1. The van der Waals surface area contributed by atoms with E-state index in [2.05, 4.69) is 9.97 Å². The first-order valence-corrected chi connectivity index (χ1v) is 8.12. The Labute approximate surface area is 141 Å². The Bertz CT molecular complexity index is 915. The monoisotopic (exact) mass is 346 g/mol. The number of nitriles is 1. The first-order chi connectivity index (χ1) is 11.3.